The van der Waals surface area contributed by atoms with E-state index in [-0.39, 0.29) is 16.9 Å². The minimum Gasteiger partial charge on any atom is -0.508 e. The van der Waals surface area contributed by atoms with E-state index in [4.69, 9.17) is 0 Å². The third-order valence-corrected chi connectivity index (χ3v) is 4.61. The van der Waals surface area contributed by atoms with Crippen molar-refractivity contribution in [3.8, 4) is 5.75 Å². The Balaban J connectivity index is 2.76. The summed E-state index contributed by atoms with van der Waals surface area (Å²) in [6.07, 6.45) is 2.19. The summed E-state index contributed by atoms with van der Waals surface area (Å²) in [6.45, 7) is 13.3. The molecule has 2 unspecified atom stereocenters. The lowest BCUT2D eigenvalue weighted by Crippen LogP contribution is -2.40. The van der Waals surface area contributed by atoms with Gasteiger partial charge in [-0.1, -0.05) is 53.7 Å². The third kappa shape index (κ3) is 5.35. The maximum Gasteiger partial charge on any atom is 0.115 e. The lowest BCUT2D eigenvalue weighted by molar-refractivity contribution is -0.0295. The topological polar surface area (TPSA) is 40.5 Å². The number of phenols is 1. The summed E-state index contributed by atoms with van der Waals surface area (Å²) in [5.41, 5.74) is 1.19. The summed E-state index contributed by atoms with van der Waals surface area (Å²) in [5.74, 6) is 0.721. The number of rotatable bonds is 6. The second-order valence-corrected chi connectivity index (χ2v) is 8.12. The van der Waals surface area contributed by atoms with Crippen molar-refractivity contribution in [3.63, 3.8) is 0 Å². The molecule has 120 valence electrons. The Morgan fingerprint density at radius 3 is 2.19 bits per heavy atom. The normalized spacial score (nSPS) is 16.8. The van der Waals surface area contributed by atoms with Crippen LogP contribution in [0, 0.1) is 16.7 Å². The highest BCUT2D eigenvalue weighted by Crippen LogP contribution is 2.43. The molecule has 1 rings (SSSR count). The molecule has 2 atom stereocenters. The van der Waals surface area contributed by atoms with Gasteiger partial charge < -0.3 is 10.2 Å². The first-order valence-corrected chi connectivity index (χ1v) is 8.00. The molecule has 21 heavy (non-hydrogen) atoms. The van der Waals surface area contributed by atoms with Gasteiger partial charge in [-0.15, -0.1) is 0 Å². The summed E-state index contributed by atoms with van der Waals surface area (Å²) in [5, 5.41) is 20.3. The second-order valence-electron chi connectivity index (χ2n) is 8.12. The molecular weight excluding hydrogens is 260 g/mol. The van der Waals surface area contributed by atoms with Crippen molar-refractivity contribution >= 4 is 0 Å². The molecule has 0 fully saturated rings. The SMILES string of the molecule is CC(C)C(C)(CC(C)(C)C)C(O)CCc1cccc(O)c1. The van der Waals surface area contributed by atoms with E-state index in [9.17, 15) is 10.2 Å². The van der Waals surface area contributed by atoms with Crippen molar-refractivity contribution in [3.05, 3.63) is 29.8 Å². The molecule has 0 spiro atoms. The van der Waals surface area contributed by atoms with Gasteiger partial charge in [-0.05, 0) is 53.7 Å². The monoisotopic (exact) mass is 292 g/mol. The predicted octanol–water partition coefficient (Wildman–Crippen LogP) is 4.78. The first kappa shape index (κ1) is 18.0. The van der Waals surface area contributed by atoms with Gasteiger partial charge in [0, 0.05) is 0 Å². The first-order chi connectivity index (χ1) is 9.54. The number of benzene rings is 1. The molecule has 0 saturated heterocycles. The van der Waals surface area contributed by atoms with E-state index in [2.05, 4.69) is 41.5 Å². The average molecular weight is 292 g/mol. The Kier molecular flexibility index (Phi) is 5.86. The minimum atomic E-state index is -0.334. The van der Waals surface area contributed by atoms with Crippen LogP contribution in [0.3, 0.4) is 0 Å². The van der Waals surface area contributed by atoms with Gasteiger partial charge >= 0.3 is 0 Å². The molecule has 2 N–H and O–H groups in total. The van der Waals surface area contributed by atoms with E-state index < -0.39 is 0 Å². The lowest BCUT2D eigenvalue weighted by atomic mass is 9.64. The molecular formula is C19H32O2. The zero-order chi connectivity index (χ0) is 16.3. The minimum absolute atomic E-state index is 0.0882. The summed E-state index contributed by atoms with van der Waals surface area (Å²) in [6, 6.07) is 7.32. The van der Waals surface area contributed by atoms with Crippen LogP contribution in [0.5, 0.6) is 5.75 Å². The van der Waals surface area contributed by atoms with Crippen LogP contribution in [0.4, 0.5) is 0 Å². The smallest absolute Gasteiger partial charge is 0.115 e. The van der Waals surface area contributed by atoms with E-state index in [0.717, 1.165) is 24.8 Å². The van der Waals surface area contributed by atoms with Gasteiger partial charge in [0.1, 0.15) is 5.75 Å². The van der Waals surface area contributed by atoms with E-state index in [0.29, 0.717) is 11.7 Å². The molecule has 0 aliphatic rings. The van der Waals surface area contributed by atoms with Crippen LogP contribution in [0.15, 0.2) is 24.3 Å². The van der Waals surface area contributed by atoms with Crippen molar-refractivity contribution in [2.75, 3.05) is 0 Å². The molecule has 0 aromatic heterocycles. The largest absolute Gasteiger partial charge is 0.508 e. The van der Waals surface area contributed by atoms with Crippen LogP contribution >= 0.6 is 0 Å². The highest BCUT2D eigenvalue weighted by Gasteiger charge is 2.39. The van der Waals surface area contributed by atoms with Crippen LogP contribution in [0.2, 0.25) is 0 Å². The van der Waals surface area contributed by atoms with Gasteiger partial charge in [0.2, 0.25) is 0 Å². The van der Waals surface area contributed by atoms with Gasteiger partial charge in [-0.3, -0.25) is 0 Å². The van der Waals surface area contributed by atoms with E-state index in [1.165, 1.54) is 0 Å². The number of aryl methyl sites for hydroxylation is 1. The Bertz CT molecular complexity index is 445. The molecule has 0 radical (unpaired) electrons. The summed E-state index contributed by atoms with van der Waals surface area (Å²) in [7, 11) is 0. The van der Waals surface area contributed by atoms with Crippen LogP contribution in [-0.2, 0) is 6.42 Å². The Morgan fingerprint density at radius 2 is 1.71 bits per heavy atom. The molecule has 2 nitrogen and oxygen atoms in total. The van der Waals surface area contributed by atoms with Crippen LogP contribution in [0.25, 0.3) is 0 Å². The lowest BCUT2D eigenvalue weighted by Gasteiger charge is -2.43. The van der Waals surface area contributed by atoms with Gasteiger partial charge in [0.15, 0.2) is 0 Å². The molecule has 0 aliphatic heterocycles. The van der Waals surface area contributed by atoms with Crippen molar-refractivity contribution in [1.29, 1.82) is 0 Å². The van der Waals surface area contributed by atoms with Crippen molar-refractivity contribution < 1.29 is 10.2 Å². The third-order valence-electron chi connectivity index (χ3n) is 4.61. The number of aromatic hydroxyl groups is 1. The van der Waals surface area contributed by atoms with E-state index in [1.807, 2.05) is 12.1 Å². The molecule has 0 saturated carbocycles. The van der Waals surface area contributed by atoms with Crippen molar-refractivity contribution in [2.45, 2.75) is 66.9 Å². The summed E-state index contributed by atoms with van der Waals surface area (Å²) < 4.78 is 0. The van der Waals surface area contributed by atoms with E-state index in [1.54, 1.807) is 12.1 Å². The van der Waals surface area contributed by atoms with Gasteiger partial charge in [0.05, 0.1) is 6.10 Å². The van der Waals surface area contributed by atoms with Crippen LogP contribution in [-0.4, -0.2) is 16.3 Å². The molecule has 0 heterocycles. The Morgan fingerprint density at radius 1 is 1.10 bits per heavy atom. The summed E-state index contributed by atoms with van der Waals surface area (Å²) in [4.78, 5) is 0. The van der Waals surface area contributed by atoms with Gasteiger partial charge in [-0.25, -0.2) is 0 Å². The van der Waals surface area contributed by atoms with Gasteiger partial charge in [-0.2, -0.15) is 0 Å². The predicted molar refractivity (Wildman–Crippen MR) is 89.5 cm³/mol. The second kappa shape index (κ2) is 6.83. The molecule has 1 aromatic rings. The van der Waals surface area contributed by atoms with Crippen LogP contribution in [0.1, 0.15) is 59.9 Å². The number of phenolic OH excluding ortho intramolecular Hbond substituents is 1. The fourth-order valence-electron chi connectivity index (χ4n) is 3.19. The zero-order valence-electron chi connectivity index (χ0n) is 14.5. The van der Waals surface area contributed by atoms with Crippen molar-refractivity contribution in [2.24, 2.45) is 16.7 Å². The molecule has 2 heteroatoms. The first-order valence-electron chi connectivity index (χ1n) is 8.00. The highest BCUT2D eigenvalue weighted by molar-refractivity contribution is 5.27. The van der Waals surface area contributed by atoms with Gasteiger partial charge in [0.25, 0.3) is 0 Å². The Hall–Kier alpha value is -1.02. The molecule has 1 aromatic carbocycles. The molecule has 0 amide bonds. The fourth-order valence-corrected chi connectivity index (χ4v) is 3.19. The molecule has 0 bridgehead atoms. The molecule has 0 aliphatic carbocycles. The fraction of sp³-hybridized carbons (Fsp3) is 0.684. The quantitative estimate of drug-likeness (QED) is 0.792. The van der Waals surface area contributed by atoms with E-state index >= 15 is 0 Å². The summed E-state index contributed by atoms with van der Waals surface area (Å²) >= 11 is 0. The number of aliphatic hydroxyl groups is 1. The number of hydrogen-bond donors (Lipinski definition) is 2. The maximum absolute atomic E-state index is 10.8. The zero-order valence-corrected chi connectivity index (χ0v) is 14.5. The number of hydrogen-bond acceptors (Lipinski definition) is 2. The standard InChI is InChI=1S/C19H32O2/c1-14(2)19(6,13-18(3,4)5)17(21)11-10-15-8-7-9-16(20)12-15/h7-9,12,14,17,20-21H,10-11,13H2,1-6H3. The Labute approximate surface area is 130 Å². The van der Waals surface area contributed by atoms with Crippen molar-refractivity contribution in [1.82, 2.24) is 0 Å². The number of aliphatic hydroxyl groups excluding tert-OH is 1. The highest BCUT2D eigenvalue weighted by atomic mass is 16.3. The van der Waals surface area contributed by atoms with Crippen LogP contribution < -0.4 is 0 Å². The maximum atomic E-state index is 10.8. The average Bonchev–Trinajstić information content (AvgIpc) is 2.33.